The monoisotopic (exact) mass is 428 g/mol. The summed E-state index contributed by atoms with van der Waals surface area (Å²) in [6, 6.07) is 31.5. The van der Waals surface area contributed by atoms with Crippen LogP contribution in [0.2, 0.25) is 5.02 Å². The first-order chi connectivity index (χ1) is 15.2. The van der Waals surface area contributed by atoms with Crippen molar-refractivity contribution in [1.29, 1.82) is 0 Å². The van der Waals surface area contributed by atoms with E-state index in [2.05, 4.69) is 24.3 Å². The molecule has 0 bridgehead atoms. The Hall–Kier alpha value is -3.47. The summed E-state index contributed by atoms with van der Waals surface area (Å²) >= 11 is 6.15. The van der Waals surface area contributed by atoms with Gasteiger partial charge in [0.25, 0.3) is 0 Å². The summed E-state index contributed by atoms with van der Waals surface area (Å²) in [6.07, 6.45) is 1.87. The van der Waals surface area contributed by atoms with Gasteiger partial charge in [-0.05, 0) is 35.4 Å². The Kier molecular flexibility index (Phi) is 5.24. The normalized spacial score (nSPS) is 16.3. The van der Waals surface area contributed by atoms with E-state index in [-0.39, 0.29) is 12.1 Å². The second-order valence-electron chi connectivity index (χ2n) is 7.40. The van der Waals surface area contributed by atoms with E-state index in [9.17, 15) is 0 Å². The molecule has 154 valence electrons. The number of furan rings is 1. The van der Waals surface area contributed by atoms with Gasteiger partial charge in [-0.15, -0.1) is 5.06 Å². The van der Waals surface area contributed by atoms with Gasteiger partial charge < -0.3 is 15.0 Å². The Labute approximate surface area is 186 Å². The lowest BCUT2D eigenvalue weighted by Gasteiger charge is -2.31. The SMILES string of the molecule is NC1=CC(c2ccc(-c3cccc(Cl)c3)o2)N(C(c2ccccc2)c2ccccc2)O1. The Morgan fingerprint density at radius 1 is 0.806 bits per heavy atom. The van der Waals surface area contributed by atoms with Gasteiger partial charge in [0, 0.05) is 16.7 Å². The Morgan fingerprint density at radius 3 is 2.13 bits per heavy atom. The third-order valence-corrected chi connectivity index (χ3v) is 5.55. The maximum atomic E-state index is 6.23. The maximum Gasteiger partial charge on any atom is 0.207 e. The van der Waals surface area contributed by atoms with Gasteiger partial charge in [0.15, 0.2) is 0 Å². The van der Waals surface area contributed by atoms with E-state index >= 15 is 0 Å². The Morgan fingerprint density at radius 2 is 1.48 bits per heavy atom. The van der Waals surface area contributed by atoms with Gasteiger partial charge in [0.05, 0.1) is 6.04 Å². The van der Waals surface area contributed by atoms with Gasteiger partial charge in [-0.2, -0.15) is 0 Å². The van der Waals surface area contributed by atoms with E-state index < -0.39 is 0 Å². The van der Waals surface area contributed by atoms with Crippen molar-refractivity contribution in [2.75, 3.05) is 0 Å². The van der Waals surface area contributed by atoms with Crippen LogP contribution in [0.4, 0.5) is 0 Å². The van der Waals surface area contributed by atoms with Crippen molar-refractivity contribution in [3.8, 4) is 11.3 Å². The molecule has 3 aromatic carbocycles. The van der Waals surface area contributed by atoms with Gasteiger partial charge in [0.2, 0.25) is 5.88 Å². The molecule has 5 heteroatoms. The number of rotatable bonds is 5. The van der Waals surface area contributed by atoms with E-state index in [4.69, 9.17) is 26.6 Å². The molecule has 1 aromatic heterocycles. The van der Waals surface area contributed by atoms with Crippen LogP contribution < -0.4 is 5.73 Å². The zero-order chi connectivity index (χ0) is 21.2. The topological polar surface area (TPSA) is 51.6 Å². The number of hydroxylamine groups is 2. The van der Waals surface area contributed by atoms with Crippen LogP contribution in [-0.4, -0.2) is 5.06 Å². The summed E-state index contributed by atoms with van der Waals surface area (Å²) in [4.78, 5) is 6.02. The fourth-order valence-corrected chi connectivity index (χ4v) is 4.11. The van der Waals surface area contributed by atoms with Crippen molar-refractivity contribution in [2.24, 2.45) is 5.73 Å². The first kappa shape index (κ1) is 19.5. The molecule has 4 nitrogen and oxygen atoms in total. The number of nitrogens with zero attached hydrogens (tertiary/aromatic N) is 1. The molecule has 5 rings (SSSR count). The first-order valence-electron chi connectivity index (χ1n) is 10.1. The van der Waals surface area contributed by atoms with E-state index in [0.717, 1.165) is 28.2 Å². The van der Waals surface area contributed by atoms with Crippen LogP contribution in [-0.2, 0) is 4.84 Å². The quantitative estimate of drug-likeness (QED) is 0.395. The van der Waals surface area contributed by atoms with Crippen LogP contribution in [0.3, 0.4) is 0 Å². The molecule has 2 N–H and O–H groups in total. The molecule has 0 fully saturated rings. The summed E-state index contributed by atoms with van der Waals surface area (Å²) in [5.74, 6) is 1.84. The molecule has 0 aliphatic carbocycles. The lowest BCUT2D eigenvalue weighted by atomic mass is 9.97. The second kappa shape index (κ2) is 8.34. The maximum absolute atomic E-state index is 6.23. The van der Waals surface area contributed by atoms with Gasteiger partial charge in [-0.25, -0.2) is 0 Å². The van der Waals surface area contributed by atoms with Crippen LogP contribution in [0.25, 0.3) is 11.3 Å². The molecule has 0 radical (unpaired) electrons. The van der Waals surface area contributed by atoms with Crippen molar-refractivity contribution < 1.29 is 9.25 Å². The highest BCUT2D eigenvalue weighted by atomic mass is 35.5. The molecular formula is C26H21ClN2O2. The van der Waals surface area contributed by atoms with Crippen molar-refractivity contribution in [3.63, 3.8) is 0 Å². The molecule has 0 saturated heterocycles. The summed E-state index contributed by atoms with van der Waals surface area (Å²) in [6.45, 7) is 0. The predicted octanol–water partition coefficient (Wildman–Crippen LogP) is 6.48. The number of halogens is 1. The third-order valence-electron chi connectivity index (χ3n) is 5.32. The van der Waals surface area contributed by atoms with Crippen LogP contribution in [0.5, 0.6) is 0 Å². The summed E-state index contributed by atoms with van der Waals surface area (Å²) in [5.41, 5.74) is 9.24. The van der Waals surface area contributed by atoms with Crippen LogP contribution in [0.15, 0.2) is 113 Å². The summed E-state index contributed by atoms with van der Waals surface area (Å²) < 4.78 is 6.23. The summed E-state index contributed by atoms with van der Waals surface area (Å²) in [5, 5.41) is 2.55. The molecule has 2 heterocycles. The molecule has 1 aliphatic heterocycles. The minimum Gasteiger partial charge on any atom is -0.459 e. The lowest BCUT2D eigenvalue weighted by Crippen LogP contribution is -2.29. The fourth-order valence-electron chi connectivity index (χ4n) is 3.92. The Bertz CT molecular complexity index is 1160. The molecule has 1 atom stereocenters. The molecular weight excluding hydrogens is 408 g/mol. The van der Waals surface area contributed by atoms with E-state index in [1.54, 1.807) is 0 Å². The largest absolute Gasteiger partial charge is 0.459 e. The summed E-state index contributed by atoms with van der Waals surface area (Å²) in [7, 11) is 0. The molecule has 31 heavy (non-hydrogen) atoms. The van der Waals surface area contributed by atoms with Gasteiger partial charge in [0.1, 0.15) is 17.6 Å². The Balaban J connectivity index is 1.54. The minimum atomic E-state index is -0.279. The fraction of sp³-hybridized carbons (Fsp3) is 0.0769. The standard InChI is InChI=1S/C26H21ClN2O2/c27-21-13-7-12-20(16-21)23-14-15-24(30-23)22-17-25(28)31-29(22)26(18-8-3-1-4-9-18)19-10-5-2-6-11-19/h1-17,22,26H,28H2. The van der Waals surface area contributed by atoms with Crippen LogP contribution in [0, 0.1) is 0 Å². The van der Waals surface area contributed by atoms with Gasteiger partial charge >= 0.3 is 0 Å². The molecule has 0 amide bonds. The zero-order valence-corrected chi connectivity index (χ0v) is 17.4. The highest BCUT2D eigenvalue weighted by molar-refractivity contribution is 6.30. The zero-order valence-electron chi connectivity index (χ0n) is 16.7. The van der Waals surface area contributed by atoms with E-state index in [1.165, 1.54) is 0 Å². The average molecular weight is 429 g/mol. The van der Waals surface area contributed by atoms with Crippen molar-refractivity contribution in [3.05, 3.63) is 131 Å². The molecule has 1 aliphatic rings. The minimum absolute atomic E-state index is 0.163. The highest BCUT2D eigenvalue weighted by Gasteiger charge is 2.37. The number of nitrogens with two attached hydrogens (primary N) is 1. The van der Waals surface area contributed by atoms with Crippen molar-refractivity contribution in [2.45, 2.75) is 12.1 Å². The molecule has 1 unspecified atom stereocenters. The van der Waals surface area contributed by atoms with Crippen molar-refractivity contribution in [1.82, 2.24) is 5.06 Å². The number of benzene rings is 3. The molecule has 0 saturated carbocycles. The smallest absolute Gasteiger partial charge is 0.207 e. The van der Waals surface area contributed by atoms with Crippen molar-refractivity contribution >= 4 is 11.6 Å². The second-order valence-corrected chi connectivity index (χ2v) is 7.84. The number of hydrogen-bond acceptors (Lipinski definition) is 4. The highest BCUT2D eigenvalue weighted by Crippen LogP contribution is 2.41. The average Bonchev–Trinajstić information content (AvgIpc) is 3.43. The van der Waals surface area contributed by atoms with Crippen LogP contribution in [0.1, 0.15) is 29.0 Å². The van der Waals surface area contributed by atoms with E-state index in [1.807, 2.05) is 83.9 Å². The predicted molar refractivity (Wildman–Crippen MR) is 122 cm³/mol. The molecule has 4 aromatic rings. The van der Waals surface area contributed by atoms with Crippen LogP contribution >= 0.6 is 11.6 Å². The third kappa shape index (κ3) is 3.96. The van der Waals surface area contributed by atoms with Gasteiger partial charge in [-0.1, -0.05) is 84.4 Å². The first-order valence-corrected chi connectivity index (χ1v) is 10.5. The lowest BCUT2D eigenvalue weighted by molar-refractivity contribution is -0.147. The van der Waals surface area contributed by atoms with E-state index in [0.29, 0.717) is 10.9 Å². The number of hydrogen-bond donors (Lipinski definition) is 1. The molecule has 0 spiro atoms. The van der Waals surface area contributed by atoms with Gasteiger partial charge in [-0.3, -0.25) is 0 Å².